The Morgan fingerprint density at radius 3 is 2.89 bits per heavy atom. The first-order valence-corrected chi connectivity index (χ1v) is 6.00. The van der Waals surface area contributed by atoms with Gasteiger partial charge in [0.2, 0.25) is 0 Å². The monoisotopic (exact) mass is 280 g/mol. The summed E-state index contributed by atoms with van der Waals surface area (Å²) in [5.74, 6) is 0.766. The highest BCUT2D eigenvalue weighted by Gasteiger charge is 2.17. The van der Waals surface area contributed by atoms with Gasteiger partial charge >= 0.3 is 0 Å². The van der Waals surface area contributed by atoms with Gasteiger partial charge in [-0.3, -0.25) is 9.89 Å². The number of rotatable bonds is 4. The largest absolute Gasteiger partial charge is 0.373 e. The lowest BCUT2D eigenvalue weighted by Gasteiger charge is -2.12. The van der Waals surface area contributed by atoms with E-state index in [0.29, 0.717) is 16.7 Å². The first-order chi connectivity index (χ1) is 9.11. The van der Waals surface area contributed by atoms with Crippen molar-refractivity contribution in [3.05, 3.63) is 35.0 Å². The number of halogens is 1. The average Bonchev–Trinajstić information content (AvgIpc) is 2.93. The van der Waals surface area contributed by atoms with E-state index in [9.17, 15) is 4.79 Å². The number of nitrogens with zero attached hydrogens (tertiary/aromatic N) is 3. The summed E-state index contributed by atoms with van der Waals surface area (Å²) in [4.78, 5) is 20.2. The second-order valence-electron chi connectivity index (χ2n) is 3.84. The molecule has 100 valence electrons. The van der Waals surface area contributed by atoms with Crippen molar-refractivity contribution < 1.29 is 4.79 Å². The van der Waals surface area contributed by atoms with E-state index in [1.165, 1.54) is 6.33 Å². The fourth-order valence-electron chi connectivity index (χ4n) is 1.50. The predicted octanol–water partition coefficient (Wildman–Crippen LogP) is 1.39. The number of hydrogen-bond acceptors (Lipinski definition) is 5. The molecule has 0 bridgehead atoms. The highest BCUT2D eigenvalue weighted by atomic mass is 35.5. The van der Waals surface area contributed by atoms with E-state index in [1.54, 1.807) is 26.1 Å². The molecular formula is C11H13ClN6O. The van der Waals surface area contributed by atoms with Crippen molar-refractivity contribution >= 4 is 23.3 Å². The average molecular weight is 281 g/mol. The van der Waals surface area contributed by atoms with Crippen LogP contribution in [0.25, 0.3) is 0 Å². The SMILES string of the molecule is CNc1ccc(Cl)c(C(=O)NC(C)c2ncn[nH]2)n1. The Bertz CT molecular complexity index is 571. The lowest BCUT2D eigenvalue weighted by atomic mass is 10.2. The van der Waals surface area contributed by atoms with E-state index in [2.05, 4.69) is 30.8 Å². The molecule has 7 nitrogen and oxygen atoms in total. The zero-order valence-corrected chi connectivity index (χ0v) is 11.2. The summed E-state index contributed by atoms with van der Waals surface area (Å²) >= 11 is 5.97. The molecule has 2 aromatic heterocycles. The topological polar surface area (TPSA) is 95.6 Å². The second-order valence-corrected chi connectivity index (χ2v) is 4.25. The van der Waals surface area contributed by atoms with Crippen LogP contribution in [0.1, 0.15) is 29.3 Å². The van der Waals surface area contributed by atoms with Gasteiger partial charge in [-0.15, -0.1) is 0 Å². The Hall–Kier alpha value is -2.15. The van der Waals surface area contributed by atoms with Crippen LogP contribution >= 0.6 is 11.6 Å². The Morgan fingerprint density at radius 2 is 2.26 bits per heavy atom. The number of amides is 1. The fraction of sp³-hybridized carbons (Fsp3) is 0.273. The van der Waals surface area contributed by atoms with E-state index >= 15 is 0 Å². The molecule has 1 amide bonds. The summed E-state index contributed by atoms with van der Waals surface area (Å²) in [6, 6.07) is 3.00. The molecule has 0 aliphatic heterocycles. The van der Waals surface area contributed by atoms with Gasteiger partial charge < -0.3 is 10.6 Å². The first kappa shape index (κ1) is 13.3. The van der Waals surface area contributed by atoms with Crippen molar-refractivity contribution in [1.29, 1.82) is 0 Å². The molecule has 19 heavy (non-hydrogen) atoms. The Labute approximate surface area is 114 Å². The van der Waals surface area contributed by atoms with Gasteiger partial charge in [0, 0.05) is 7.05 Å². The van der Waals surface area contributed by atoms with Crippen LogP contribution in [-0.4, -0.2) is 33.1 Å². The van der Waals surface area contributed by atoms with Crippen LogP contribution in [0.3, 0.4) is 0 Å². The Morgan fingerprint density at radius 1 is 1.47 bits per heavy atom. The number of pyridine rings is 1. The zero-order valence-electron chi connectivity index (χ0n) is 10.4. The first-order valence-electron chi connectivity index (χ1n) is 5.62. The normalized spacial score (nSPS) is 11.9. The van der Waals surface area contributed by atoms with Crippen molar-refractivity contribution in [1.82, 2.24) is 25.5 Å². The van der Waals surface area contributed by atoms with E-state index in [4.69, 9.17) is 11.6 Å². The molecule has 0 radical (unpaired) electrons. The van der Waals surface area contributed by atoms with Gasteiger partial charge in [-0.25, -0.2) is 9.97 Å². The molecule has 0 fully saturated rings. The van der Waals surface area contributed by atoms with Crippen LogP contribution in [0.5, 0.6) is 0 Å². The van der Waals surface area contributed by atoms with Crippen LogP contribution in [-0.2, 0) is 0 Å². The molecule has 0 aliphatic rings. The fourth-order valence-corrected chi connectivity index (χ4v) is 1.69. The standard InChI is InChI=1S/C11H13ClN6O/c1-6(10-14-5-15-18-10)16-11(19)9-7(12)3-4-8(13-2)17-9/h3-6H,1-2H3,(H,13,17)(H,16,19)(H,14,15,18). The number of aromatic nitrogens is 4. The molecule has 2 heterocycles. The minimum atomic E-state index is -0.369. The van der Waals surface area contributed by atoms with Crippen molar-refractivity contribution in [3.8, 4) is 0 Å². The van der Waals surface area contributed by atoms with Crippen molar-refractivity contribution in [2.45, 2.75) is 13.0 Å². The molecule has 2 aromatic rings. The maximum Gasteiger partial charge on any atom is 0.272 e. The van der Waals surface area contributed by atoms with Gasteiger partial charge in [0.1, 0.15) is 23.7 Å². The van der Waals surface area contributed by atoms with Crippen LogP contribution in [0.15, 0.2) is 18.5 Å². The quantitative estimate of drug-likeness (QED) is 0.786. The molecule has 0 aliphatic carbocycles. The second kappa shape index (κ2) is 5.66. The smallest absolute Gasteiger partial charge is 0.272 e. The van der Waals surface area contributed by atoms with Crippen molar-refractivity contribution in [2.75, 3.05) is 12.4 Å². The van der Waals surface area contributed by atoms with Crippen LogP contribution in [0.4, 0.5) is 5.82 Å². The van der Waals surface area contributed by atoms with Gasteiger partial charge in [0.25, 0.3) is 5.91 Å². The summed E-state index contributed by atoms with van der Waals surface area (Å²) in [7, 11) is 1.72. The molecule has 3 N–H and O–H groups in total. The predicted molar refractivity (Wildman–Crippen MR) is 71.1 cm³/mol. The van der Waals surface area contributed by atoms with E-state index in [-0.39, 0.29) is 17.6 Å². The molecule has 8 heteroatoms. The van der Waals surface area contributed by atoms with Gasteiger partial charge in [-0.2, -0.15) is 5.10 Å². The molecule has 1 atom stereocenters. The molecule has 0 saturated heterocycles. The number of carbonyl (C=O) groups is 1. The highest BCUT2D eigenvalue weighted by Crippen LogP contribution is 2.17. The maximum atomic E-state index is 12.1. The molecule has 0 aromatic carbocycles. The lowest BCUT2D eigenvalue weighted by molar-refractivity contribution is 0.0933. The third-order valence-corrected chi connectivity index (χ3v) is 2.81. The summed E-state index contributed by atoms with van der Waals surface area (Å²) in [6.45, 7) is 1.79. The third kappa shape index (κ3) is 3.00. The van der Waals surface area contributed by atoms with Gasteiger partial charge in [-0.05, 0) is 19.1 Å². The van der Waals surface area contributed by atoms with Gasteiger partial charge in [-0.1, -0.05) is 11.6 Å². The van der Waals surface area contributed by atoms with Crippen molar-refractivity contribution in [3.63, 3.8) is 0 Å². The van der Waals surface area contributed by atoms with E-state index < -0.39 is 0 Å². The van der Waals surface area contributed by atoms with Crippen LogP contribution < -0.4 is 10.6 Å². The number of hydrogen-bond donors (Lipinski definition) is 3. The molecular weight excluding hydrogens is 268 g/mol. The number of anilines is 1. The minimum Gasteiger partial charge on any atom is -0.373 e. The van der Waals surface area contributed by atoms with Crippen LogP contribution in [0.2, 0.25) is 5.02 Å². The molecule has 0 spiro atoms. The molecule has 2 rings (SSSR count). The maximum absolute atomic E-state index is 12.1. The number of H-pyrrole nitrogens is 1. The molecule has 0 saturated carbocycles. The Balaban J connectivity index is 2.16. The highest BCUT2D eigenvalue weighted by molar-refractivity contribution is 6.33. The summed E-state index contributed by atoms with van der Waals surface area (Å²) in [5, 5.41) is 12.3. The Kier molecular flexibility index (Phi) is 3.96. The van der Waals surface area contributed by atoms with Crippen LogP contribution in [0, 0.1) is 0 Å². The van der Waals surface area contributed by atoms with Gasteiger partial charge in [0.05, 0.1) is 11.1 Å². The summed E-state index contributed by atoms with van der Waals surface area (Å²) in [5.41, 5.74) is 0.167. The number of carbonyl (C=O) groups excluding carboxylic acids is 1. The minimum absolute atomic E-state index is 0.167. The summed E-state index contributed by atoms with van der Waals surface area (Å²) in [6.07, 6.45) is 1.38. The number of aromatic amines is 1. The van der Waals surface area contributed by atoms with Gasteiger partial charge in [0.15, 0.2) is 0 Å². The molecule has 1 unspecified atom stereocenters. The summed E-state index contributed by atoms with van der Waals surface area (Å²) < 4.78 is 0. The van der Waals surface area contributed by atoms with E-state index in [1.807, 2.05) is 0 Å². The van der Waals surface area contributed by atoms with E-state index in [0.717, 1.165) is 0 Å². The number of nitrogens with one attached hydrogen (secondary N) is 3. The zero-order chi connectivity index (χ0) is 13.8. The van der Waals surface area contributed by atoms with Crippen molar-refractivity contribution in [2.24, 2.45) is 0 Å². The lowest BCUT2D eigenvalue weighted by Crippen LogP contribution is -2.28. The third-order valence-electron chi connectivity index (χ3n) is 2.51.